The maximum absolute atomic E-state index is 2.29. The fourth-order valence-corrected chi connectivity index (χ4v) is 1.26. The Hall–Kier alpha value is -0.780. The number of rotatable bonds is 1. The van der Waals surface area contributed by atoms with Gasteiger partial charge in [-0.05, 0) is 25.2 Å². The van der Waals surface area contributed by atoms with Crippen molar-refractivity contribution in [2.45, 2.75) is 47.0 Å². The van der Waals surface area contributed by atoms with Crippen LogP contribution in [0.2, 0.25) is 0 Å². The molecule has 0 heterocycles. The molecule has 0 amide bonds. The van der Waals surface area contributed by atoms with Crippen molar-refractivity contribution in [3.05, 3.63) is 36.0 Å². The highest BCUT2D eigenvalue weighted by atomic mass is 14.1. The normalized spacial score (nSPS) is 21.1. The van der Waals surface area contributed by atoms with Gasteiger partial charge in [-0.1, -0.05) is 63.6 Å². The van der Waals surface area contributed by atoms with Crippen molar-refractivity contribution in [1.29, 1.82) is 0 Å². The van der Waals surface area contributed by atoms with E-state index in [9.17, 15) is 0 Å². The molecule has 0 bridgehead atoms. The minimum absolute atomic E-state index is 0.792. The molecule has 0 aromatic rings. The van der Waals surface area contributed by atoms with Crippen LogP contribution in [-0.4, -0.2) is 0 Å². The molecule has 1 unspecified atom stereocenters. The predicted molar refractivity (Wildman–Crippen MR) is 66.4 cm³/mol. The first-order chi connectivity index (χ1) is 6.84. The summed E-state index contributed by atoms with van der Waals surface area (Å²) in [6.45, 7) is 8.51. The average Bonchev–Trinajstić information content (AvgIpc) is 3.09. The summed E-state index contributed by atoms with van der Waals surface area (Å²) in [4.78, 5) is 0. The van der Waals surface area contributed by atoms with E-state index in [0.29, 0.717) is 0 Å². The quantitative estimate of drug-likeness (QED) is 0.519. The van der Waals surface area contributed by atoms with Crippen LogP contribution in [0.3, 0.4) is 0 Å². The van der Waals surface area contributed by atoms with E-state index in [4.69, 9.17) is 0 Å². The van der Waals surface area contributed by atoms with E-state index in [0.717, 1.165) is 5.92 Å². The third-order valence-electron chi connectivity index (χ3n) is 2.21. The zero-order chi connectivity index (χ0) is 10.8. The van der Waals surface area contributed by atoms with Crippen molar-refractivity contribution in [1.82, 2.24) is 0 Å². The fourth-order valence-electron chi connectivity index (χ4n) is 1.26. The zero-order valence-electron chi connectivity index (χ0n) is 10.1. The Morgan fingerprint density at radius 2 is 1.79 bits per heavy atom. The van der Waals surface area contributed by atoms with E-state index in [1.54, 1.807) is 5.57 Å². The van der Waals surface area contributed by atoms with Crippen molar-refractivity contribution >= 4 is 0 Å². The molecule has 0 fully saturated rings. The van der Waals surface area contributed by atoms with Crippen molar-refractivity contribution in [2.75, 3.05) is 0 Å². The van der Waals surface area contributed by atoms with E-state index >= 15 is 0 Å². The molecule has 0 N–H and O–H groups in total. The van der Waals surface area contributed by atoms with Gasteiger partial charge in [0.2, 0.25) is 0 Å². The first kappa shape index (κ1) is 13.2. The van der Waals surface area contributed by atoms with Crippen molar-refractivity contribution < 1.29 is 0 Å². The van der Waals surface area contributed by atoms with Crippen LogP contribution in [0.15, 0.2) is 36.0 Å². The molecule has 0 radical (unpaired) electrons. The van der Waals surface area contributed by atoms with Crippen LogP contribution in [0, 0.1) is 5.92 Å². The molecule has 14 heavy (non-hydrogen) atoms. The minimum Gasteiger partial charge on any atom is -0.0844 e. The van der Waals surface area contributed by atoms with Gasteiger partial charge in [0.1, 0.15) is 0 Å². The van der Waals surface area contributed by atoms with Crippen molar-refractivity contribution in [3.63, 3.8) is 0 Å². The van der Waals surface area contributed by atoms with E-state index in [-0.39, 0.29) is 0 Å². The summed E-state index contributed by atoms with van der Waals surface area (Å²) in [6, 6.07) is 0. The Morgan fingerprint density at radius 1 is 1.21 bits per heavy atom. The third kappa shape index (κ3) is 6.71. The summed E-state index contributed by atoms with van der Waals surface area (Å²) in [5, 5.41) is 0. The smallest absolute Gasteiger partial charge is 0.0169 e. The van der Waals surface area contributed by atoms with Gasteiger partial charge in [-0.3, -0.25) is 0 Å². The Morgan fingerprint density at radius 3 is 2.07 bits per heavy atom. The Labute approximate surface area is 89.4 Å². The number of hydrogen-bond acceptors (Lipinski definition) is 0. The lowest BCUT2D eigenvalue weighted by molar-refractivity contribution is 0.660. The highest BCUT2D eigenvalue weighted by molar-refractivity contribution is 5.19. The molecule has 0 aromatic carbocycles. The molecule has 2 rings (SSSR count). The fraction of sp³-hybridized carbons (Fsp3) is 0.571. The Kier molecular flexibility index (Phi) is 8.31. The maximum atomic E-state index is 2.29. The first-order valence-electron chi connectivity index (χ1n) is 5.85. The van der Waals surface area contributed by atoms with E-state index in [1.165, 1.54) is 19.3 Å². The molecule has 0 aliphatic heterocycles. The molecule has 0 spiro atoms. The number of allylic oxidation sites excluding steroid dienone is 6. The van der Waals surface area contributed by atoms with Crippen LogP contribution >= 0.6 is 0 Å². The average molecular weight is 192 g/mol. The molecule has 0 saturated carbocycles. The van der Waals surface area contributed by atoms with Gasteiger partial charge in [-0.15, -0.1) is 0 Å². The molecule has 0 saturated heterocycles. The molecule has 0 aromatic heterocycles. The molecule has 2 aliphatic carbocycles. The van der Waals surface area contributed by atoms with Crippen LogP contribution in [0.1, 0.15) is 47.0 Å². The van der Waals surface area contributed by atoms with Crippen molar-refractivity contribution in [2.24, 2.45) is 5.92 Å². The van der Waals surface area contributed by atoms with Gasteiger partial charge in [0.15, 0.2) is 0 Å². The second kappa shape index (κ2) is 8.80. The van der Waals surface area contributed by atoms with Gasteiger partial charge in [0, 0.05) is 0 Å². The molecule has 0 heteroatoms. The van der Waals surface area contributed by atoms with Crippen LogP contribution in [0.25, 0.3) is 0 Å². The van der Waals surface area contributed by atoms with Crippen LogP contribution in [0.4, 0.5) is 0 Å². The highest BCUT2D eigenvalue weighted by Gasteiger charge is 2.05. The molecular formula is C14H24. The van der Waals surface area contributed by atoms with E-state index in [1.807, 2.05) is 13.8 Å². The Bertz CT molecular complexity index is 202. The van der Waals surface area contributed by atoms with Crippen LogP contribution in [0.5, 0.6) is 0 Å². The molecule has 80 valence electrons. The zero-order valence-corrected chi connectivity index (χ0v) is 10.1. The molecular weight excluding hydrogens is 168 g/mol. The summed E-state index contributed by atoms with van der Waals surface area (Å²) in [5.41, 5.74) is 1.59. The van der Waals surface area contributed by atoms with Gasteiger partial charge in [0.25, 0.3) is 0 Å². The summed E-state index contributed by atoms with van der Waals surface area (Å²) in [6.07, 6.45) is 14.6. The highest BCUT2D eigenvalue weighted by Crippen LogP contribution is 2.21. The summed E-state index contributed by atoms with van der Waals surface area (Å²) in [5.74, 6) is 0.792. The van der Waals surface area contributed by atoms with E-state index in [2.05, 4.69) is 44.2 Å². The van der Waals surface area contributed by atoms with Gasteiger partial charge in [-0.25, -0.2) is 0 Å². The number of hydrogen-bond donors (Lipinski definition) is 0. The predicted octanol–water partition coefficient (Wildman–Crippen LogP) is 4.89. The lowest BCUT2D eigenvalue weighted by atomic mass is 9.92. The van der Waals surface area contributed by atoms with Gasteiger partial charge in [0.05, 0.1) is 0 Å². The Balaban J connectivity index is 0.000000280. The van der Waals surface area contributed by atoms with Crippen LogP contribution in [-0.2, 0) is 0 Å². The third-order valence-corrected chi connectivity index (χ3v) is 2.21. The standard InChI is InChI=1S/C9H14.C3H4.C2H6/c1-3-9-7-5-4-6-8(9)2;1-2-3-1;1-2/h4-5,7-8H,3,6H2,1-2H3;1-2H,3H2;1-2H3. The first-order valence-corrected chi connectivity index (χ1v) is 5.85. The molecule has 2 aliphatic rings. The second-order valence-electron chi connectivity index (χ2n) is 3.37. The maximum Gasteiger partial charge on any atom is -0.0169 e. The van der Waals surface area contributed by atoms with Gasteiger partial charge < -0.3 is 0 Å². The largest absolute Gasteiger partial charge is 0.0844 e. The second-order valence-corrected chi connectivity index (χ2v) is 3.37. The van der Waals surface area contributed by atoms with Gasteiger partial charge >= 0.3 is 0 Å². The SMILES string of the molecule is C1=CC1.CC.CCC1=CC=CCC1C. The minimum atomic E-state index is 0.792. The lowest BCUT2D eigenvalue weighted by Gasteiger charge is -2.14. The van der Waals surface area contributed by atoms with E-state index < -0.39 is 0 Å². The lowest BCUT2D eigenvalue weighted by Crippen LogP contribution is -1.99. The van der Waals surface area contributed by atoms with Crippen molar-refractivity contribution in [3.8, 4) is 0 Å². The monoisotopic (exact) mass is 192 g/mol. The topological polar surface area (TPSA) is 0 Å². The van der Waals surface area contributed by atoms with Crippen LogP contribution < -0.4 is 0 Å². The summed E-state index contributed by atoms with van der Waals surface area (Å²) >= 11 is 0. The molecule has 0 nitrogen and oxygen atoms in total. The summed E-state index contributed by atoms with van der Waals surface area (Å²) in [7, 11) is 0. The molecule has 1 atom stereocenters. The van der Waals surface area contributed by atoms with Gasteiger partial charge in [-0.2, -0.15) is 0 Å². The summed E-state index contributed by atoms with van der Waals surface area (Å²) < 4.78 is 0.